The summed E-state index contributed by atoms with van der Waals surface area (Å²) in [6.07, 6.45) is 2.19. The van der Waals surface area contributed by atoms with E-state index in [4.69, 9.17) is 10.7 Å². The summed E-state index contributed by atoms with van der Waals surface area (Å²) in [4.78, 5) is 4.80. The number of aromatic nitrogens is 2. The van der Waals surface area contributed by atoms with Crippen molar-refractivity contribution in [1.82, 2.24) is 9.55 Å². The molecule has 0 aliphatic carbocycles. The Morgan fingerprint density at radius 1 is 1.37 bits per heavy atom. The predicted molar refractivity (Wildman–Crippen MR) is 82.3 cm³/mol. The molecule has 0 saturated heterocycles. The lowest BCUT2D eigenvalue weighted by molar-refractivity contribution is 0.568. The van der Waals surface area contributed by atoms with Crippen LogP contribution >= 0.6 is 0 Å². The molecule has 1 aromatic heterocycles. The van der Waals surface area contributed by atoms with Crippen LogP contribution in [0.5, 0.6) is 0 Å². The van der Waals surface area contributed by atoms with Crippen molar-refractivity contribution in [2.24, 2.45) is 0 Å². The molecule has 0 aliphatic rings. The van der Waals surface area contributed by atoms with E-state index in [0.29, 0.717) is 5.92 Å². The Morgan fingerprint density at radius 2 is 2.05 bits per heavy atom. The standard InChI is InChI=1S/C16H23N3/c1-5-12(6-2)16-18-15-13(17)8-7-9-14(15)19(16)10-11(3)4/h7-9,12H,3,5-6,10,17H2,1-2,4H3. The molecule has 3 heteroatoms. The van der Waals surface area contributed by atoms with Crippen LogP contribution in [-0.2, 0) is 6.54 Å². The predicted octanol–water partition coefficient (Wildman–Crippen LogP) is 4.10. The average molecular weight is 257 g/mol. The number of fused-ring (bicyclic) bond motifs is 1. The second-order valence-corrected chi connectivity index (χ2v) is 5.24. The molecule has 0 fully saturated rings. The fraction of sp³-hybridized carbons (Fsp3) is 0.438. The van der Waals surface area contributed by atoms with Gasteiger partial charge in [0.15, 0.2) is 0 Å². The van der Waals surface area contributed by atoms with Crippen molar-refractivity contribution in [1.29, 1.82) is 0 Å². The van der Waals surface area contributed by atoms with Gasteiger partial charge in [-0.15, -0.1) is 0 Å². The van der Waals surface area contributed by atoms with Crippen molar-refractivity contribution in [2.75, 3.05) is 5.73 Å². The van der Waals surface area contributed by atoms with Crippen molar-refractivity contribution in [2.45, 2.75) is 46.1 Å². The van der Waals surface area contributed by atoms with Crippen LogP contribution in [0.4, 0.5) is 5.69 Å². The van der Waals surface area contributed by atoms with Gasteiger partial charge in [-0.2, -0.15) is 0 Å². The van der Waals surface area contributed by atoms with E-state index >= 15 is 0 Å². The van der Waals surface area contributed by atoms with Crippen molar-refractivity contribution >= 4 is 16.7 Å². The molecule has 0 radical (unpaired) electrons. The molecular formula is C16H23N3. The normalized spacial score (nSPS) is 11.4. The fourth-order valence-electron chi connectivity index (χ4n) is 2.59. The number of rotatable bonds is 5. The zero-order valence-corrected chi connectivity index (χ0v) is 12.1. The average Bonchev–Trinajstić information content (AvgIpc) is 2.71. The fourth-order valence-corrected chi connectivity index (χ4v) is 2.59. The zero-order valence-electron chi connectivity index (χ0n) is 12.1. The molecule has 0 bridgehead atoms. The van der Waals surface area contributed by atoms with E-state index in [0.717, 1.165) is 47.5 Å². The molecule has 0 unspecified atom stereocenters. The lowest BCUT2D eigenvalue weighted by Gasteiger charge is -2.15. The van der Waals surface area contributed by atoms with E-state index in [1.807, 2.05) is 12.1 Å². The molecule has 0 spiro atoms. The summed E-state index contributed by atoms with van der Waals surface area (Å²) < 4.78 is 2.27. The van der Waals surface area contributed by atoms with Crippen LogP contribution in [-0.4, -0.2) is 9.55 Å². The second-order valence-electron chi connectivity index (χ2n) is 5.24. The number of benzene rings is 1. The zero-order chi connectivity index (χ0) is 14.0. The summed E-state index contributed by atoms with van der Waals surface area (Å²) in [5, 5.41) is 0. The van der Waals surface area contributed by atoms with E-state index in [1.54, 1.807) is 0 Å². The molecular weight excluding hydrogens is 234 g/mol. The minimum absolute atomic E-state index is 0.478. The quantitative estimate of drug-likeness (QED) is 0.647. The lowest BCUT2D eigenvalue weighted by Crippen LogP contribution is -2.09. The summed E-state index contributed by atoms with van der Waals surface area (Å²) in [5.74, 6) is 1.62. The first-order valence-corrected chi connectivity index (χ1v) is 6.97. The van der Waals surface area contributed by atoms with Crippen LogP contribution in [0.1, 0.15) is 45.4 Å². The highest BCUT2D eigenvalue weighted by Gasteiger charge is 2.18. The van der Waals surface area contributed by atoms with E-state index < -0.39 is 0 Å². The Balaban J connectivity index is 2.67. The minimum atomic E-state index is 0.478. The Labute approximate surface area is 115 Å². The molecule has 3 nitrogen and oxygen atoms in total. The van der Waals surface area contributed by atoms with Gasteiger partial charge in [0.2, 0.25) is 0 Å². The third-order valence-corrected chi connectivity index (χ3v) is 3.62. The van der Waals surface area contributed by atoms with Gasteiger partial charge in [0.1, 0.15) is 11.3 Å². The summed E-state index contributed by atoms with van der Waals surface area (Å²) in [6.45, 7) is 11.3. The smallest absolute Gasteiger partial charge is 0.113 e. The number of para-hydroxylation sites is 1. The number of anilines is 1. The highest BCUT2D eigenvalue weighted by atomic mass is 15.1. The molecule has 0 atom stereocenters. The minimum Gasteiger partial charge on any atom is -0.397 e. The van der Waals surface area contributed by atoms with Crippen LogP contribution in [0.15, 0.2) is 30.4 Å². The maximum Gasteiger partial charge on any atom is 0.113 e. The number of allylic oxidation sites excluding steroid dienone is 1. The number of nitrogens with zero attached hydrogens (tertiary/aromatic N) is 2. The van der Waals surface area contributed by atoms with Crippen LogP contribution in [0.25, 0.3) is 11.0 Å². The Bertz CT molecular complexity index is 591. The van der Waals surface area contributed by atoms with Gasteiger partial charge in [-0.1, -0.05) is 32.1 Å². The van der Waals surface area contributed by atoms with Crippen molar-refractivity contribution in [3.63, 3.8) is 0 Å². The number of hydrogen-bond acceptors (Lipinski definition) is 2. The Morgan fingerprint density at radius 3 is 2.63 bits per heavy atom. The molecule has 102 valence electrons. The highest BCUT2D eigenvalue weighted by Crippen LogP contribution is 2.29. The molecule has 19 heavy (non-hydrogen) atoms. The summed E-state index contributed by atoms with van der Waals surface area (Å²) in [6, 6.07) is 6.00. The molecule has 1 aromatic carbocycles. The summed E-state index contributed by atoms with van der Waals surface area (Å²) in [7, 11) is 0. The Kier molecular flexibility index (Phi) is 3.93. The lowest BCUT2D eigenvalue weighted by atomic mass is 10.0. The third kappa shape index (κ3) is 2.50. The molecule has 2 aromatic rings. The maximum atomic E-state index is 6.05. The number of imidazole rings is 1. The molecule has 0 saturated carbocycles. The van der Waals surface area contributed by atoms with Crippen LogP contribution in [0, 0.1) is 0 Å². The van der Waals surface area contributed by atoms with Crippen LogP contribution in [0.2, 0.25) is 0 Å². The van der Waals surface area contributed by atoms with Crippen molar-refractivity contribution in [3.05, 3.63) is 36.2 Å². The molecule has 0 aliphatic heterocycles. The summed E-state index contributed by atoms with van der Waals surface area (Å²) in [5.41, 5.74) is 9.98. The van der Waals surface area contributed by atoms with Gasteiger partial charge in [-0.05, 0) is 31.9 Å². The highest BCUT2D eigenvalue weighted by molar-refractivity contribution is 5.87. The number of hydrogen-bond donors (Lipinski definition) is 1. The van der Waals surface area contributed by atoms with Gasteiger partial charge in [-0.3, -0.25) is 0 Å². The monoisotopic (exact) mass is 257 g/mol. The second kappa shape index (κ2) is 5.47. The molecule has 2 N–H and O–H groups in total. The van der Waals surface area contributed by atoms with E-state index in [2.05, 4.69) is 38.0 Å². The third-order valence-electron chi connectivity index (χ3n) is 3.62. The first-order valence-electron chi connectivity index (χ1n) is 6.97. The van der Waals surface area contributed by atoms with Gasteiger partial charge >= 0.3 is 0 Å². The molecule has 1 heterocycles. The first-order chi connectivity index (χ1) is 9.08. The van der Waals surface area contributed by atoms with Gasteiger partial charge in [0.05, 0.1) is 11.2 Å². The van der Waals surface area contributed by atoms with E-state index in [-0.39, 0.29) is 0 Å². The molecule has 0 amide bonds. The van der Waals surface area contributed by atoms with Crippen molar-refractivity contribution < 1.29 is 0 Å². The van der Waals surface area contributed by atoms with Gasteiger partial charge in [0.25, 0.3) is 0 Å². The largest absolute Gasteiger partial charge is 0.397 e. The van der Waals surface area contributed by atoms with Crippen LogP contribution < -0.4 is 5.73 Å². The Hall–Kier alpha value is -1.77. The summed E-state index contributed by atoms with van der Waals surface area (Å²) >= 11 is 0. The number of nitrogen functional groups attached to an aromatic ring is 1. The van der Waals surface area contributed by atoms with E-state index in [9.17, 15) is 0 Å². The SMILES string of the molecule is C=C(C)Cn1c(C(CC)CC)nc2c(N)cccc21. The first kappa shape index (κ1) is 13.7. The van der Waals surface area contributed by atoms with Gasteiger partial charge in [-0.25, -0.2) is 4.98 Å². The van der Waals surface area contributed by atoms with Gasteiger partial charge < -0.3 is 10.3 Å². The number of nitrogens with two attached hydrogens (primary N) is 1. The van der Waals surface area contributed by atoms with E-state index in [1.165, 1.54) is 0 Å². The van der Waals surface area contributed by atoms with Crippen LogP contribution in [0.3, 0.4) is 0 Å². The van der Waals surface area contributed by atoms with Gasteiger partial charge in [0, 0.05) is 12.5 Å². The maximum absolute atomic E-state index is 6.05. The molecule has 2 rings (SSSR count). The van der Waals surface area contributed by atoms with Crippen molar-refractivity contribution in [3.8, 4) is 0 Å². The topological polar surface area (TPSA) is 43.8 Å².